The van der Waals surface area contributed by atoms with Crippen molar-refractivity contribution in [3.8, 4) is 0 Å². The summed E-state index contributed by atoms with van der Waals surface area (Å²) < 4.78 is 28.4. The van der Waals surface area contributed by atoms with Crippen molar-refractivity contribution < 1.29 is 8.78 Å². The summed E-state index contributed by atoms with van der Waals surface area (Å²) in [6.07, 6.45) is 1.58. The van der Waals surface area contributed by atoms with Crippen LogP contribution in [-0.4, -0.2) is 6.54 Å². The standard InChI is InChI=1S/C15H16BrF2NS/c1-2-6-19-14(9-15-12(16)5-7-20-15)11-8-10(17)3-4-13(11)18/h3-5,7-8,14,19H,2,6,9H2,1H3. The fourth-order valence-electron chi connectivity index (χ4n) is 2.05. The van der Waals surface area contributed by atoms with Crippen LogP contribution >= 0.6 is 27.3 Å². The summed E-state index contributed by atoms with van der Waals surface area (Å²) in [5.41, 5.74) is 0.388. The molecule has 0 saturated carbocycles. The highest BCUT2D eigenvalue weighted by molar-refractivity contribution is 9.10. The lowest BCUT2D eigenvalue weighted by atomic mass is 10.0. The first-order valence-electron chi connectivity index (χ1n) is 6.52. The molecule has 0 aliphatic rings. The van der Waals surface area contributed by atoms with Gasteiger partial charge in [-0.25, -0.2) is 8.78 Å². The second-order valence-corrected chi connectivity index (χ2v) is 6.42. The summed E-state index contributed by atoms with van der Waals surface area (Å²) in [6.45, 7) is 2.82. The Labute approximate surface area is 130 Å². The third-order valence-electron chi connectivity index (χ3n) is 3.05. The van der Waals surface area contributed by atoms with E-state index in [1.54, 1.807) is 11.3 Å². The van der Waals surface area contributed by atoms with Crippen LogP contribution in [0, 0.1) is 11.6 Å². The van der Waals surface area contributed by atoms with E-state index >= 15 is 0 Å². The molecule has 1 aromatic heterocycles. The molecular weight excluding hydrogens is 344 g/mol. The van der Waals surface area contributed by atoms with Crippen LogP contribution in [0.1, 0.15) is 29.8 Å². The Hall–Kier alpha value is -0.780. The maximum atomic E-state index is 14.0. The van der Waals surface area contributed by atoms with Crippen molar-refractivity contribution in [1.82, 2.24) is 5.32 Å². The van der Waals surface area contributed by atoms with Crippen LogP contribution in [0.25, 0.3) is 0 Å². The van der Waals surface area contributed by atoms with E-state index in [0.717, 1.165) is 28.4 Å². The summed E-state index contributed by atoms with van der Waals surface area (Å²) >= 11 is 5.10. The Morgan fingerprint density at radius 1 is 1.30 bits per heavy atom. The molecule has 0 fully saturated rings. The number of hydrogen-bond acceptors (Lipinski definition) is 2. The van der Waals surface area contributed by atoms with E-state index < -0.39 is 5.82 Å². The van der Waals surface area contributed by atoms with Gasteiger partial charge in [0, 0.05) is 27.4 Å². The molecule has 0 radical (unpaired) electrons. The predicted molar refractivity (Wildman–Crippen MR) is 83.1 cm³/mol. The summed E-state index contributed by atoms with van der Waals surface area (Å²) in [4.78, 5) is 1.13. The van der Waals surface area contributed by atoms with Crippen LogP contribution in [0.4, 0.5) is 8.78 Å². The van der Waals surface area contributed by atoms with Gasteiger partial charge in [-0.05, 0) is 58.5 Å². The van der Waals surface area contributed by atoms with Gasteiger partial charge in [-0.1, -0.05) is 6.92 Å². The molecule has 0 bridgehead atoms. The van der Waals surface area contributed by atoms with Gasteiger partial charge in [0.1, 0.15) is 11.6 Å². The first-order valence-corrected chi connectivity index (χ1v) is 8.19. The van der Waals surface area contributed by atoms with Crippen molar-refractivity contribution >= 4 is 27.3 Å². The van der Waals surface area contributed by atoms with Crippen LogP contribution in [0.2, 0.25) is 0 Å². The molecule has 0 aliphatic heterocycles. The highest BCUT2D eigenvalue weighted by atomic mass is 79.9. The number of hydrogen-bond donors (Lipinski definition) is 1. The van der Waals surface area contributed by atoms with Gasteiger partial charge in [-0.2, -0.15) is 0 Å². The molecule has 20 heavy (non-hydrogen) atoms. The minimum atomic E-state index is -0.407. The molecule has 1 aromatic carbocycles. The third-order valence-corrected chi connectivity index (χ3v) is 5.00. The fourth-order valence-corrected chi connectivity index (χ4v) is 3.61. The molecule has 1 heterocycles. The summed E-state index contributed by atoms with van der Waals surface area (Å²) in [6, 6.07) is 5.37. The fraction of sp³-hybridized carbons (Fsp3) is 0.333. The average molecular weight is 360 g/mol. The zero-order chi connectivity index (χ0) is 14.5. The quantitative estimate of drug-likeness (QED) is 0.758. The monoisotopic (exact) mass is 359 g/mol. The zero-order valence-electron chi connectivity index (χ0n) is 11.1. The predicted octanol–water partition coefficient (Wildman–Crippen LogP) is 5.07. The van der Waals surface area contributed by atoms with Gasteiger partial charge in [0.2, 0.25) is 0 Å². The van der Waals surface area contributed by atoms with E-state index in [2.05, 4.69) is 21.2 Å². The lowest BCUT2D eigenvalue weighted by molar-refractivity contribution is 0.492. The number of rotatable bonds is 6. The van der Waals surface area contributed by atoms with Crippen LogP contribution in [0.15, 0.2) is 34.1 Å². The van der Waals surface area contributed by atoms with Crippen molar-refractivity contribution in [3.05, 3.63) is 56.2 Å². The van der Waals surface area contributed by atoms with E-state index in [1.165, 1.54) is 12.1 Å². The number of halogens is 3. The van der Waals surface area contributed by atoms with E-state index in [1.807, 2.05) is 18.4 Å². The van der Waals surface area contributed by atoms with E-state index in [9.17, 15) is 8.78 Å². The minimum absolute atomic E-state index is 0.222. The van der Waals surface area contributed by atoms with Crippen molar-refractivity contribution in [2.45, 2.75) is 25.8 Å². The van der Waals surface area contributed by atoms with E-state index in [-0.39, 0.29) is 11.9 Å². The van der Waals surface area contributed by atoms with Crippen molar-refractivity contribution in [2.75, 3.05) is 6.54 Å². The van der Waals surface area contributed by atoms with E-state index in [4.69, 9.17) is 0 Å². The number of thiophene rings is 1. The third kappa shape index (κ3) is 3.87. The van der Waals surface area contributed by atoms with Gasteiger partial charge in [0.25, 0.3) is 0 Å². The van der Waals surface area contributed by atoms with Crippen LogP contribution in [0.3, 0.4) is 0 Å². The lowest BCUT2D eigenvalue weighted by Crippen LogP contribution is -2.25. The normalized spacial score (nSPS) is 12.6. The Morgan fingerprint density at radius 2 is 2.10 bits per heavy atom. The molecule has 0 amide bonds. The lowest BCUT2D eigenvalue weighted by Gasteiger charge is -2.19. The summed E-state index contributed by atoms with van der Waals surface area (Å²) in [5.74, 6) is -0.775. The van der Waals surface area contributed by atoms with Crippen molar-refractivity contribution in [2.24, 2.45) is 0 Å². The molecule has 2 rings (SSSR count). The second kappa shape index (κ2) is 7.29. The van der Waals surface area contributed by atoms with Crippen molar-refractivity contribution in [3.63, 3.8) is 0 Å². The Morgan fingerprint density at radius 3 is 2.75 bits per heavy atom. The topological polar surface area (TPSA) is 12.0 Å². The minimum Gasteiger partial charge on any atom is -0.310 e. The molecule has 1 atom stereocenters. The molecule has 1 unspecified atom stereocenters. The van der Waals surface area contributed by atoms with Crippen LogP contribution < -0.4 is 5.32 Å². The van der Waals surface area contributed by atoms with Gasteiger partial charge in [0.05, 0.1) is 0 Å². The first kappa shape index (κ1) is 15.6. The Kier molecular flexibility index (Phi) is 5.69. The molecule has 2 aromatic rings. The first-order chi connectivity index (χ1) is 9.61. The second-order valence-electron chi connectivity index (χ2n) is 4.57. The van der Waals surface area contributed by atoms with Gasteiger partial charge in [-0.15, -0.1) is 11.3 Å². The highest BCUT2D eigenvalue weighted by Gasteiger charge is 2.18. The summed E-state index contributed by atoms with van der Waals surface area (Å²) in [7, 11) is 0. The molecule has 0 saturated heterocycles. The SMILES string of the molecule is CCCNC(Cc1sccc1Br)c1cc(F)ccc1F. The van der Waals surface area contributed by atoms with Crippen LogP contribution in [-0.2, 0) is 6.42 Å². The largest absolute Gasteiger partial charge is 0.310 e. The molecular formula is C15H16BrF2NS. The molecule has 108 valence electrons. The van der Waals surface area contributed by atoms with Crippen LogP contribution in [0.5, 0.6) is 0 Å². The zero-order valence-corrected chi connectivity index (χ0v) is 13.5. The van der Waals surface area contributed by atoms with Gasteiger partial charge < -0.3 is 5.32 Å². The smallest absolute Gasteiger partial charge is 0.128 e. The Balaban J connectivity index is 2.27. The maximum absolute atomic E-state index is 14.0. The average Bonchev–Trinajstić information content (AvgIpc) is 2.83. The molecule has 0 aliphatic carbocycles. The van der Waals surface area contributed by atoms with Gasteiger partial charge in [-0.3, -0.25) is 0 Å². The number of benzene rings is 1. The molecule has 1 nitrogen and oxygen atoms in total. The van der Waals surface area contributed by atoms with Crippen molar-refractivity contribution in [1.29, 1.82) is 0 Å². The Bertz CT molecular complexity index is 571. The molecule has 0 spiro atoms. The number of nitrogens with one attached hydrogen (secondary N) is 1. The summed E-state index contributed by atoms with van der Waals surface area (Å²) in [5, 5.41) is 5.28. The molecule has 1 N–H and O–H groups in total. The highest BCUT2D eigenvalue weighted by Crippen LogP contribution is 2.29. The maximum Gasteiger partial charge on any atom is 0.128 e. The molecule has 5 heteroatoms. The van der Waals surface area contributed by atoms with Gasteiger partial charge in [0.15, 0.2) is 0 Å². The van der Waals surface area contributed by atoms with E-state index in [0.29, 0.717) is 12.0 Å². The van der Waals surface area contributed by atoms with Gasteiger partial charge >= 0.3 is 0 Å².